The Bertz CT molecular complexity index is 929. The molecular formula is C22H25F3N2O4. The summed E-state index contributed by atoms with van der Waals surface area (Å²) in [6.07, 6.45) is -2.48. The standard InChI is InChI=1S/C22H25F3N2O4/c1-13-17(21(30)31-3)18(14-6-8-15(9-7-14)22(23,24)25)19(20(28)29)16(26(13)2)12-27-10-4-5-11-27/h6-9,18H,4-5,10-12H2,1-3H3,(H,28,29). The maximum Gasteiger partial charge on any atom is 0.416 e. The first kappa shape index (κ1) is 22.9. The number of halogens is 3. The predicted molar refractivity (Wildman–Crippen MR) is 107 cm³/mol. The van der Waals surface area contributed by atoms with Crippen LogP contribution in [0, 0.1) is 0 Å². The topological polar surface area (TPSA) is 70.1 Å². The van der Waals surface area contributed by atoms with Gasteiger partial charge in [0.25, 0.3) is 0 Å². The molecule has 2 aliphatic heterocycles. The third-order valence-corrected chi connectivity index (χ3v) is 5.97. The minimum atomic E-state index is -4.52. The lowest BCUT2D eigenvalue weighted by atomic mass is 9.79. The number of carboxylic acids is 1. The maximum atomic E-state index is 13.0. The summed E-state index contributed by atoms with van der Waals surface area (Å²) in [6, 6.07) is 4.26. The zero-order valence-electron chi connectivity index (χ0n) is 17.6. The molecule has 9 heteroatoms. The first-order chi connectivity index (χ1) is 14.6. The molecule has 1 aromatic carbocycles. The quantitative estimate of drug-likeness (QED) is 0.709. The third kappa shape index (κ3) is 4.46. The van der Waals surface area contributed by atoms with Gasteiger partial charge in [-0.2, -0.15) is 13.2 Å². The summed E-state index contributed by atoms with van der Waals surface area (Å²) >= 11 is 0. The molecular weight excluding hydrogens is 413 g/mol. The van der Waals surface area contributed by atoms with E-state index >= 15 is 0 Å². The number of esters is 1. The van der Waals surface area contributed by atoms with Gasteiger partial charge in [0, 0.05) is 25.0 Å². The Labute approximate surface area is 178 Å². The van der Waals surface area contributed by atoms with Gasteiger partial charge in [-0.05, 0) is 50.6 Å². The molecule has 0 spiro atoms. The van der Waals surface area contributed by atoms with Crippen LogP contribution in [0.5, 0.6) is 0 Å². The molecule has 1 saturated heterocycles. The monoisotopic (exact) mass is 438 g/mol. The second-order valence-electron chi connectivity index (χ2n) is 7.75. The third-order valence-electron chi connectivity index (χ3n) is 5.97. The Hall–Kier alpha value is -2.81. The van der Waals surface area contributed by atoms with Gasteiger partial charge in [0.2, 0.25) is 0 Å². The first-order valence-corrected chi connectivity index (χ1v) is 9.95. The Morgan fingerprint density at radius 2 is 1.71 bits per heavy atom. The maximum absolute atomic E-state index is 13.0. The van der Waals surface area contributed by atoms with Crippen molar-refractivity contribution in [3.63, 3.8) is 0 Å². The number of carboxylic acid groups (broad SMARTS) is 1. The number of carbonyl (C=O) groups excluding carboxylic acids is 1. The van der Waals surface area contributed by atoms with Crippen LogP contribution >= 0.6 is 0 Å². The molecule has 0 amide bonds. The molecule has 1 aromatic rings. The highest BCUT2D eigenvalue weighted by molar-refractivity contribution is 5.99. The van der Waals surface area contributed by atoms with E-state index in [1.807, 2.05) is 0 Å². The van der Waals surface area contributed by atoms with Gasteiger partial charge in [0.15, 0.2) is 0 Å². The second kappa shape index (κ2) is 8.74. The molecule has 6 nitrogen and oxygen atoms in total. The van der Waals surface area contributed by atoms with Gasteiger partial charge in [-0.25, -0.2) is 9.59 Å². The van der Waals surface area contributed by atoms with E-state index in [0.717, 1.165) is 38.1 Å². The van der Waals surface area contributed by atoms with Crippen LogP contribution in [0.25, 0.3) is 0 Å². The Kier molecular flexibility index (Phi) is 6.45. The summed E-state index contributed by atoms with van der Waals surface area (Å²) in [4.78, 5) is 28.8. The number of methoxy groups -OCH3 is 1. The van der Waals surface area contributed by atoms with E-state index in [1.165, 1.54) is 19.2 Å². The first-order valence-electron chi connectivity index (χ1n) is 9.95. The highest BCUT2D eigenvalue weighted by Gasteiger charge is 2.41. The van der Waals surface area contributed by atoms with Crippen LogP contribution in [-0.2, 0) is 20.5 Å². The number of hydrogen-bond acceptors (Lipinski definition) is 5. The fourth-order valence-electron chi connectivity index (χ4n) is 4.25. The van der Waals surface area contributed by atoms with Crippen molar-refractivity contribution in [2.45, 2.75) is 31.9 Å². The second-order valence-corrected chi connectivity index (χ2v) is 7.75. The molecule has 0 saturated carbocycles. The summed E-state index contributed by atoms with van der Waals surface area (Å²) in [6.45, 7) is 3.73. The Balaban J connectivity index is 2.17. The Morgan fingerprint density at radius 3 is 2.19 bits per heavy atom. The molecule has 31 heavy (non-hydrogen) atoms. The minimum absolute atomic E-state index is 0.0276. The lowest BCUT2D eigenvalue weighted by molar-refractivity contribution is -0.138. The zero-order valence-corrected chi connectivity index (χ0v) is 17.6. The van der Waals surface area contributed by atoms with E-state index in [4.69, 9.17) is 4.74 Å². The summed E-state index contributed by atoms with van der Waals surface area (Å²) in [5, 5.41) is 10.1. The van der Waals surface area contributed by atoms with Crippen LogP contribution in [0.15, 0.2) is 46.8 Å². The van der Waals surface area contributed by atoms with E-state index in [-0.39, 0.29) is 16.7 Å². The highest BCUT2D eigenvalue weighted by Crippen LogP contribution is 2.43. The van der Waals surface area contributed by atoms with Crippen LogP contribution in [0.3, 0.4) is 0 Å². The molecule has 0 radical (unpaired) electrons. The van der Waals surface area contributed by atoms with E-state index in [9.17, 15) is 27.9 Å². The number of rotatable bonds is 5. The molecule has 2 aliphatic rings. The van der Waals surface area contributed by atoms with E-state index in [0.29, 0.717) is 17.9 Å². The number of benzene rings is 1. The van der Waals surface area contributed by atoms with Crippen LogP contribution in [0.4, 0.5) is 13.2 Å². The van der Waals surface area contributed by atoms with Crippen LogP contribution in [0.1, 0.15) is 36.8 Å². The smallest absolute Gasteiger partial charge is 0.416 e. The van der Waals surface area contributed by atoms with Gasteiger partial charge >= 0.3 is 18.1 Å². The van der Waals surface area contributed by atoms with Crippen LogP contribution in [-0.4, -0.2) is 60.6 Å². The van der Waals surface area contributed by atoms with E-state index in [1.54, 1.807) is 18.9 Å². The van der Waals surface area contributed by atoms with Gasteiger partial charge in [-0.1, -0.05) is 12.1 Å². The summed E-state index contributed by atoms with van der Waals surface area (Å²) in [5.74, 6) is -2.98. The molecule has 1 unspecified atom stereocenters. The van der Waals surface area contributed by atoms with Gasteiger partial charge in [-0.3, -0.25) is 4.90 Å². The lowest BCUT2D eigenvalue weighted by Gasteiger charge is -2.37. The van der Waals surface area contributed by atoms with E-state index in [2.05, 4.69) is 4.90 Å². The number of allylic oxidation sites excluding steroid dienone is 1. The summed E-state index contributed by atoms with van der Waals surface area (Å²) in [5.41, 5.74) is 0.549. The predicted octanol–water partition coefficient (Wildman–Crippen LogP) is 3.62. The van der Waals surface area contributed by atoms with Crippen LogP contribution < -0.4 is 0 Å². The molecule has 3 rings (SSSR count). The molecule has 1 N–H and O–H groups in total. The molecule has 2 heterocycles. The molecule has 1 fully saturated rings. The van der Waals surface area contributed by atoms with Crippen molar-refractivity contribution in [1.82, 2.24) is 9.80 Å². The fourth-order valence-corrected chi connectivity index (χ4v) is 4.25. The number of aliphatic carboxylic acids is 1. The largest absolute Gasteiger partial charge is 0.478 e. The molecule has 0 bridgehead atoms. The van der Waals surface area contributed by atoms with Crippen molar-refractivity contribution in [3.05, 3.63) is 57.9 Å². The van der Waals surface area contributed by atoms with Gasteiger partial charge in [-0.15, -0.1) is 0 Å². The number of ether oxygens (including phenoxy) is 1. The number of alkyl halides is 3. The van der Waals surface area contributed by atoms with Crippen LogP contribution in [0.2, 0.25) is 0 Å². The number of nitrogens with zero attached hydrogens (tertiary/aromatic N) is 2. The number of likely N-dealkylation sites (N-methyl/N-ethyl adjacent to an activating group) is 1. The molecule has 1 atom stereocenters. The lowest BCUT2D eigenvalue weighted by Crippen LogP contribution is -2.38. The zero-order chi connectivity index (χ0) is 22.9. The van der Waals surface area contributed by atoms with Crippen molar-refractivity contribution < 1.29 is 32.6 Å². The summed E-state index contributed by atoms with van der Waals surface area (Å²) in [7, 11) is 2.88. The van der Waals surface area contributed by atoms with Gasteiger partial charge < -0.3 is 14.7 Å². The van der Waals surface area contributed by atoms with Crippen molar-refractivity contribution in [2.75, 3.05) is 33.8 Å². The average molecular weight is 438 g/mol. The van der Waals surface area contributed by atoms with Gasteiger partial charge in [0.1, 0.15) is 0 Å². The number of carbonyl (C=O) groups is 2. The SMILES string of the molecule is COC(=O)C1=C(C)N(C)C(CN2CCCC2)=C(C(=O)O)C1c1ccc(C(F)(F)F)cc1. The molecule has 0 aliphatic carbocycles. The summed E-state index contributed by atoms with van der Waals surface area (Å²) < 4.78 is 44.0. The van der Waals surface area contributed by atoms with Crippen molar-refractivity contribution in [3.8, 4) is 0 Å². The highest BCUT2D eigenvalue weighted by atomic mass is 19.4. The molecule has 0 aromatic heterocycles. The van der Waals surface area contributed by atoms with E-state index < -0.39 is 29.6 Å². The molecule has 168 valence electrons. The average Bonchev–Trinajstić information content (AvgIpc) is 3.23. The van der Waals surface area contributed by atoms with Crippen molar-refractivity contribution in [1.29, 1.82) is 0 Å². The van der Waals surface area contributed by atoms with Gasteiger partial charge in [0.05, 0.1) is 29.7 Å². The van der Waals surface area contributed by atoms with Crippen molar-refractivity contribution >= 4 is 11.9 Å². The van der Waals surface area contributed by atoms with Crippen molar-refractivity contribution in [2.24, 2.45) is 0 Å². The fraction of sp³-hybridized carbons (Fsp3) is 0.455. The Morgan fingerprint density at radius 1 is 1.13 bits per heavy atom. The normalized spacial score (nSPS) is 20.5. The number of hydrogen-bond donors (Lipinski definition) is 1. The minimum Gasteiger partial charge on any atom is -0.478 e. The number of likely N-dealkylation sites (tertiary alicyclic amines) is 1.